The largest absolute Gasteiger partial charge is 0.350 e. The number of carbonyl (C=O) groups is 1. The van der Waals surface area contributed by atoms with Crippen molar-refractivity contribution in [1.29, 1.82) is 0 Å². The molecule has 0 aromatic heterocycles. The minimum absolute atomic E-state index is 0.601. The van der Waals surface area contributed by atoms with Gasteiger partial charge in [-0.1, -0.05) is 36.7 Å². The Kier molecular flexibility index (Phi) is 4.12. The van der Waals surface area contributed by atoms with E-state index in [0.717, 1.165) is 5.56 Å². The van der Waals surface area contributed by atoms with Crippen LogP contribution in [0.4, 0.5) is 4.79 Å². The van der Waals surface area contributed by atoms with Crippen LogP contribution in [-0.2, 0) is 0 Å². The van der Waals surface area contributed by atoms with Gasteiger partial charge in [-0.05, 0) is 12.5 Å². The number of benzene rings is 1. The lowest BCUT2D eigenvalue weighted by Crippen LogP contribution is -2.26. The molecular weight excluding hydrogens is 214 g/mol. The molecule has 5 heteroatoms. The van der Waals surface area contributed by atoms with Crippen molar-refractivity contribution < 1.29 is 4.79 Å². The van der Waals surface area contributed by atoms with Crippen LogP contribution in [0.2, 0.25) is 5.02 Å². The lowest BCUT2D eigenvalue weighted by atomic mass is 10.1. The van der Waals surface area contributed by atoms with Crippen molar-refractivity contribution in [3.8, 4) is 0 Å². The fourth-order valence-electron chi connectivity index (χ4n) is 1.15. The maximum absolute atomic E-state index is 10.5. The van der Waals surface area contributed by atoms with Gasteiger partial charge in [-0.3, -0.25) is 0 Å². The molecule has 0 unspecified atom stereocenters. The van der Waals surface area contributed by atoms with E-state index in [1.807, 2.05) is 25.1 Å². The van der Waals surface area contributed by atoms with Crippen LogP contribution in [0, 0.1) is 0 Å². The third kappa shape index (κ3) is 3.25. The van der Waals surface area contributed by atoms with Crippen LogP contribution in [-0.4, -0.2) is 11.7 Å². The summed E-state index contributed by atoms with van der Waals surface area (Å²) in [5.41, 5.74) is 8.61. The van der Waals surface area contributed by atoms with Gasteiger partial charge in [0.1, 0.15) is 0 Å². The Morgan fingerprint density at radius 1 is 1.53 bits per heavy atom. The quantitative estimate of drug-likeness (QED) is 0.601. The Balaban J connectivity index is 2.97. The van der Waals surface area contributed by atoms with E-state index in [1.165, 1.54) is 0 Å². The number of rotatable bonds is 3. The Hall–Kier alpha value is -1.55. The van der Waals surface area contributed by atoms with E-state index >= 15 is 0 Å². The smallest absolute Gasteiger partial charge is 0.332 e. The number of amides is 2. The maximum Gasteiger partial charge on any atom is 0.332 e. The summed E-state index contributed by atoms with van der Waals surface area (Å²) in [5, 5.41) is 4.48. The number of hydrogen-bond acceptors (Lipinski definition) is 2. The summed E-state index contributed by atoms with van der Waals surface area (Å²) in [6.07, 6.45) is 0.657. The zero-order valence-corrected chi connectivity index (χ0v) is 9.08. The lowest BCUT2D eigenvalue weighted by Gasteiger charge is -2.05. The summed E-state index contributed by atoms with van der Waals surface area (Å²) in [4.78, 5) is 10.5. The van der Waals surface area contributed by atoms with Gasteiger partial charge >= 0.3 is 6.03 Å². The third-order valence-electron chi connectivity index (χ3n) is 1.82. The van der Waals surface area contributed by atoms with E-state index < -0.39 is 6.03 Å². The monoisotopic (exact) mass is 225 g/mol. The molecule has 0 fully saturated rings. The molecule has 80 valence electrons. The molecule has 0 aliphatic carbocycles. The summed E-state index contributed by atoms with van der Waals surface area (Å²) < 4.78 is 0. The van der Waals surface area contributed by atoms with E-state index in [1.54, 1.807) is 6.07 Å². The highest BCUT2D eigenvalue weighted by Gasteiger charge is 2.05. The summed E-state index contributed by atoms with van der Waals surface area (Å²) in [5.74, 6) is 0. The Morgan fingerprint density at radius 2 is 2.20 bits per heavy atom. The standard InChI is InChI=1S/C10H12ClN3O/c1-2-9(13-14-10(12)15)7-5-3-4-6-8(7)11/h3-6H,2H2,1H3,(H3,12,14,15)/b13-9+. The normalized spacial score (nSPS) is 11.2. The minimum atomic E-state index is -0.687. The fraction of sp³-hybridized carbons (Fsp3) is 0.200. The number of nitrogens with one attached hydrogen (secondary N) is 1. The molecule has 0 spiro atoms. The molecule has 4 nitrogen and oxygen atoms in total. The molecule has 0 heterocycles. The van der Waals surface area contributed by atoms with Gasteiger partial charge in [-0.2, -0.15) is 5.10 Å². The van der Waals surface area contributed by atoms with Crippen LogP contribution in [0.15, 0.2) is 29.4 Å². The molecule has 1 aromatic rings. The van der Waals surface area contributed by atoms with Gasteiger partial charge < -0.3 is 5.73 Å². The number of carbonyl (C=O) groups excluding carboxylic acids is 1. The molecule has 0 bridgehead atoms. The highest BCUT2D eigenvalue weighted by molar-refractivity contribution is 6.34. The molecule has 0 radical (unpaired) electrons. The van der Waals surface area contributed by atoms with Gasteiger partial charge in [0.2, 0.25) is 0 Å². The highest BCUT2D eigenvalue weighted by Crippen LogP contribution is 2.16. The number of urea groups is 1. The number of nitrogens with two attached hydrogens (primary N) is 1. The predicted octanol–water partition coefficient (Wildman–Crippen LogP) is 2.12. The predicted molar refractivity (Wildman–Crippen MR) is 61.0 cm³/mol. The number of hydrazone groups is 1. The van der Waals surface area contributed by atoms with E-state index in [0.29, 0.717) is 17.2 Å². The molecular formula is C10H12ClN3O. The number of hydrogen-bond donors (Lipinski definition) is 2. The number of halogens is 1. The summed E-state index contributed by atoms with van der Waals surface area (Å²) in [7, 11) is 0. The second-order valence-corrected chi connectivity index (χ2v) is 3.28. The van der Waals surface area contributed by atoms with Crippen LogP contribution >= 0.6 is 11.6 Å². The average Bonchev–Trinajstić information content (AvgIpc) is 2.21. The Morgan fingerprint density at radius 3 is 2.73 bits per heavy atom. The fourth-order valence-corrected chi connectivity index (χ4v) is 1.39. The first-order valence-corrected chi connectivity index (χ1v) is 4.89. The van der Waals surface area contributed by atoms with Crippen molar-refractivity contribution in [1.82, 2.24) is 5.43 Å². The molecule has 1 rings (SSSR count). The molecule has 3 N–H and O–H groups in total. The first-order chi connectivity index (χ1) is 7.15. The van der Waals surface area contributed by atoms with Crippen molar-refractivity contribution in [2.75, 3.05) is 0 Å². The van der Waals surface area contributed by atoms with Gasteiger partial charge in [0.05, 0.1) is 5.71 Å². The first kappa shape index (κ1) is 11.5. The van der Waals surface area contributed by atoms with Crippen LogP contribution in [0.1, 0.15) is 18.9 Å². The van der Waals surface area contributed by atoms with E-state index in [9.17, 15) is 4.79 Å². The number of nitrogens with zero attached hydrogens (tertiary/aromatic N) is 1. The zero-order valence-electron chi connectivity index (χ0n) is 8.33. The van der Waals surface area contributed by atoms with Crippen LogP contribution in [0.5, 0.6) is 0 Å². The van der Waals surface area contributed by atoms with Gasteiger partial charge in [-0.15, -0.1) is 0 Å². The summed E-state index contributed by atoms with van der Waals surface area (Å²) in [6, 6.07) is 6.62. The first-order valence-electron chi connectivity index (χ1n) is 4.52. The van der Waals surface area contributed by atoms with Gasteiger partial charge in [0.25, 0.3) is 0 Å². The average molecular weight is 226 g/mol. The van der Waals surface area contributed by atoms with Gasteiger partial charge in [-0.25, -0.2) is 10.2 Å². The second kappa shape index (κ2) is 5.36. The van der Waals surface area contributed by atoms with Crippen molar-refractivity contribution in [2.45, 2.75) is 13.3 Å². The van der Waals surface area contributed by atoms with Gasteiger partial charge in [0.15, 0.2) is 0 Å². The molecule has 0 atom stereocenters. The van der Waals surface area contributed by atoms with Crippen LogP contribution in [0.25, 0.3) is 0 Å². The van der Waals surface area contributed by atoms with E-state index in [2.05, 4.69) is 10.5 Å². The van der Waals surface area contributed by atoms with Crippen molar-refractivity contribution >= 4 is 23.3 Å². The highest BCUT2D eigenvalue weighted by atomic mass is 35.5. The number of primary amides is 1. The van der Waals surface area contributed by atoms with Crippen molar-refractivity contribution in [3.63, 3.8) is 0 Å². The molecule has 0 aliphatic rings. The Bertz CT molecular complexity index is 390. The Labute approximate surface area is 93.1 Å². The SMILES string of the molecule is CC/C(=N\NC(N)=O)c1ccccc1Cl. The van der Waals surface area contributed by atoms with E-state index in [-0.39, 0.29) is 0 Å². The zero-order chi connectivity index (χ0) is 11.3. The van der Waals surface area contributed by atoms with Crippen molar-refractivity contribution in [3.05, 3.63) is 34.9 Å². The van der Waals surface area contributed by atoms with Crippen LogP contribution in [0.3, 0.4) is 0 Å². The third-order valence-corrected chi connectivity index (χ3v) is 2.15. The van der Waals surface area contributed by atoms with Crippen molar-refractivity contribution in [2.24, 2.45) is 10.8 Å². The minimum Gasteiger partial charge on any atom is -0.350 e. The molecule has 1 aromatic carbocycles. The topological polar surface area (TPSA) is 67.5 Å². The molecule has 15 heavy (non-hydrogen) atoms. The van der Waals surface area contributed by atoms with E-state index in [4.69, 9.17) is 17.3 Å². The molecule has 0 aliphatic heterocycles. The van der Waals surface area contributed by atoms with Crippen LogP contribution < -0.4 is 11.2 Å². The lowest BCUT2D eigenvalue weighted by molar-refractivity contribution is 0.249. The van der Waals surface area contributed by atoms with Gasteiger partial charge in [0, 0.05) is 10.6 Å². The summed E-state index contributed by atoms with van der Waals surface area (Å²) >= 11 is 5.99. The molecule has 0 saturated carbocycles. The molecule has 0 saturated heterocycles. The molecule has 2 amide bonds. The summed E-state index contributed by atoms with van der Waals surface area (Å²) in [6.45, 7) is 1.92. The maximum atomic E-state index is 10.5. The second-order valence-electron chi connectivity index (χ2n) is 2.87.